The number of rotatable bonds is 7. The van der Waals surface area contributed by atoms with Gasteiger partial charge in [0.25, 0.3) is 0 Å². The van der Waals surface area contributed by atoms with Crippen LogP contribution >= 0.6 is 0 Å². The van der Waals surface area contributed by atoms with Crippen molar-refractivity contribution >= 4 is 17.5 Å². The molecule has 0 atom stereocenters. The van der Waals surface area contributed by atoms with E-state index in [2.05, 4.69) is 25.8 Å². The summed E-state index contributed by atoms with van der Waals surface area (Å²) in [5.41, 5.74) is 0.755. The summed E-state index contributed by atoms with van der Waals surface area (Å²) >= 11 is 0. The molecule has 1 aliphatic carbocycles. The number of ether oxygens (including phenoxy) is 3. The Morgan fingerprint density at radius 2 is 1.59 bits per heavy atom. The van der Waals surface area contributed by atoms with Crippen LogP contribution in [0.15, 0.2) is 18.3 Å². The van der Waals surface area contributed by atoms with Crippen molar-refractivity contribution in [3.63, 3.8) is 0 Å². The van der Waals surface area contributed by atoms with Crippen LogP contribution in [0.3, 0.4) is 0 Å². The van der Waals surface area contributed by atoms with Crippen molar-refractivity contribution in [3.05, 3.63) is 18.3 Å². The molecule has 2 N–H and O–H groups in total. The molecule has 0 spiro atoms. The van der Waals surface area contributed by atoms with Crippen LogP contribution in [0.5, 0.6) is 17.2 Å². The molecule has 0 radical (unpaired) electrons. The quantitative estimate of drug-likeness (QED) is 0.709. The van der Waals surface area contributed by atoms with Crippen molar-refractivity contribution in [1.82, 2.24) is 15.2 Å². The zero-order valence-corrected chi connectivity index (χ0v) is 16.1. The molecule has 1 saturated carbocycles. The van der Waals surface area contributed by atoms with Crippen LogP contribution in [-0.2, 0) is 0 Å². The van der Waals surface area contributed by atoms with E-state index in [0.717, 1.165) is 18.5 Å². The predicted molar refractivity (Wildman–Crippen MR) is 104 cm³/mol. The van der Waals surface area contributed by atoms with Crippen LogP contribution in [0, 0.1) is 0 Å². The zero-order chi connectivity index (χ0) is 19.1. The molecule has 1 heterocycles. The molecule has 0 aliphatic heterocycles. The fraction of sp³-hybridized carbons (Fsp3) is 0.526. The number of benzene rings is 1. The van der Waals surface area contributed by atoms with Gasteiger partial charge in [0.15, 0.2) is 17.3 Å². The molecule has 27 heavy (non-hydrogen) atoms. The molecular weight excluding hydrogens is 346 g/mol. The van der Waals surface area contributed by atoms with Crippen molar-refractivity contribution in [2.75, 3.05) is 32.0 Å². The Morgan fingerprint density at radius 1 is 0.926 bits per heavy atom. The summed E-state index contributed by atoms with van der Waals surface area (Å²) in [5.74, 6) is 2.81. The van der Waals surface area contributed by atoms with Gasteiger partial charge in [0, 0.05) is 23.9 Å². The number of hydrogen-bond acceptors (Lipinski definition) is 8. The maximum Gasteiger partial charge on any atom is 0.244 e. The average Bonchev–Trinajstić information content (AvgIpc) is 2.96. The number of nitrogens with zero attached hydrogens (tertiary/aromatic N) is 3. The maximum absolute atomic E-state index is 5.39. The lowest BCUT2D eigenvalue weighted by Crippen LogP contribution is -2.20. The first kappa shape index (κ1) is 19.0. The Kier molecular flexibility index (Phi) is 6.51. The summed E-state index contributed by atoms with van der Waals surface area (Å²) in [7, 11) is 4.75. The van der Waals surface area contributed by atoms with Gasteiger partial charge in [0.05, 0.1) is 27.5 Å². The molecule has 0 saturated heterocycles. The Bertz CT molecular complexity index is 723. The highest BCUT2D eigenvalue weighted by Gasteiger charge is 2.15. The summed E-state index contributed by atoms with van der Waals surface area (Å²) in [4.78, 5) is 4.54. The lowest BCUT2D eigenvalue weighted by Gasteiger charge is -2.17. The molecule has 0 unspecified atom stereocenters. The first-order valence-corrected chi connectivity index (χ1v) is 9.26. The second-order valence-electron chi connectivity index (χ2n) is 6.54. The van der Waals surface area contributed by atoms with Crippen LogP contribution in [0.25, 0.3) is 0 Å². The van der Waals surface area contributed by atoms with Gasteiger partial charge in [-0.2, -0.15) is 10.1 Å². The molecule has 8 heteroatoms. The second kappa shape index (κ2) is 9.25. The van der Waals surface area contributed by atoms with Gasteiger partial charge in [0.2, 0.25) is 11.7 Å². The van der Waals surface area contributed by atoms with Crippen molar-refractivity contribution < 1.29 is 14.2 Å². The van der Waals surface area contributed by atoms with E-state index in [0.29, 0.717) is 35.1 Å². The lowest BCUT2D eigenvalue weighted by atomic mass is 10.1. The van der Waals surface area contributed by atoms with E-state index < -0.39 is 0 Å². The van der Waals surface area contributed by atoms with Crippen molar-refractivity contribution in [1.29, 1.82) is 0 Å². The Hall–Kier alpha value is -2.77. The largest absolute Gasteiger partial charge is 0.493 e. The van der Waals surface area contributed by atoms with Crippen LogP contribution in [0.2, 0.25) is 0 Å². The monoisotopic (exact) mass is 373 g/mol. The highest BCUT2D eigenvalue weighted by molar-refractivity contribution is 5.66. The van der Waals surface area contributed by atoms with Gasteiger partial charge in [-0.25, -0.2) is 0 Å². The minimum absolute atomic E-state index is 0.408. The number of methoxy groups -OCH3 is 3. The highest BCUT2D eigenvalue weighted by Crippen LogP contribution is 2.40. The molecule has 1 aromatic carbocycles. The Morgan fingerprint density at radius 3 is 2.19 bits per heavy atom. The molecule has 146 valence electrons. The van der Waals surface area contributed by atoms with Gasteiger partial charge in [0.1, 0.15) is 0 Å². The van der Waals surface area contributed by atoms with Crippen LogP contribution in [0.4, 0.5) is 17.5 Å². The minimum Gasteiger partial charge on any atom is -0.493 e. The minimum atomic E-state index is 0.408. The number of aromatic nitrogens is 3. The molecular formula is C19H27N5O3. The molecule has 0 bridgehead atoms. The molecule has 1 fully saturated rings. The standard InChI is InChI=1S/C19H27N5O3/c1-25-15-10-14(11-16(26-2)18(15)27-3)21-17-12-20-24-19(23-17)22-13-8-6-4-5-7-9-13/h10-13H,4-9H2,1-3H3,(H2,21,22,23,24). The van der Waals surface area contributed by atoms with E-state index in [1.54, 1.807) is 27.5 Å². The average molecular weight is 373 g/mol. The van der Waals surface area contributed by atoms with Gasteiger partial charge < -0.3 is 24.8 Å². The molecule has 8 nitrogen and oxygen atoms in total. The van der Waals surface area contributed by atoms with Gasteiger partial charge in [-0.05, 0) is 12.8 Å². The zero-order valence-electron chi connectivity index (χ0n) is 16.1. The highest BCUT2D eigenvalue weighted by atomic mass is 16.5. The van der Waals surface area contributed by atoms with E-state index in [9.17, 15) is 0 Å². The molecule has 1 aliphatic rings. The summed E-state index contributed by atoms with van der Waals surface area (Å²) in [6.45, 7) is 0. The Balaban J connectivity index is 1.75. The number of nitrogens with one attached hydrogen (secondary N) is 2. The van der Waals surface area contributed by atoms with Gasteiger partial charge in [-0.15, -0.1) is 5.10 Å². The third-order valence-electron chi connectivity index (χ3n) is 4.68. The van der Waals surface area contributed by atoms with Gasteiger partial charge in [-0.3, -0.25) is 0 Å². The molecule has 0 amide bonds. The van der Waals surface area contributed by atoms with Crippen LogP contribution in [-0.4, -0.2) is 42.6 Å². The van der Waals surface area contributed by atoms with Crippen molar-refractivity contribution in [2.24, 2.45) is 0 Å². The third kappa shape index (κ3) is 4.90. The van der Waals surface area contributed by atoms with Crippen LogP contribution < -0.4 is 24.8 Å². The Labute approximate surface area is 159 Å². The topological polar surface area (TPSA) is 90.4 Å². The summed E-state index contributed by atoms with van der Waals surface area (Å²) < 4.78 is 16.1. The normalized spacial score (nSPS) is 14.9. The first-order valence-electron chi connectivity index (χ1n) is 9.26. The van der Waals surface area contributed by atoms with Crippen LogP contribution in [0.1, 0.15) is 38.5 Å². The fourth-order valence-electron chi connectivity index (χ4n) is 3.33. The first-order chi connectivity index (χ1) is 13.2. The number of anilines is 3. The summed E-state index contributed by atoms with van der Waals surface area (Å²) in [5, 5.41) is 14.8. The number of hydrogen-bond donors (Lipinski definition) is 2. The van der Waals surface area contributed by atoms with E-state index in [1.807, 2.05) is 12.1 Å². The second-order valence-corrected chi connectivity index (χ2v) is 6.54. The maximum atomic E-state index is 5.39. The van der Waals surface area contributed by atoms with E-state index >= 15 is 0 Å². The smallest absolute Gasteiger partial charge is 0.244 e. The van der Waals surface area contributed by atoms with E-state index in [4.69, 9.17) is 14.2 Å². The molecule has 3 rings (SSSR count). The SMILES string of the molecule is COc1cc(Nc2cnnc(NC3CCCCCC3)n2)cc(OC)c1OC. The van der Waals surface area contributed by atoms with Gasteiger partial charge in [-0.1, -0.05) is 25.7 Å². The lowest BCUT2D eigenvalue weighted by molar-refractivity contribution is 0.324. The van der Waals surface area contributed by atoms with Gasteiger partial charge >= 0.3 is 0 Å². The fourth-order valence-corrected chi connectivity index (χ4v) is 3.33. The van der Waals surface area contributed by atoms with Crippen molar-refractivity contribution in [2.45, 2.75) is 44.6 Å². The van der Waals surface area contributed by atoms with E-state index in [-0.39, 0.29) is 0 Å². The predicted octanol–water partition coefficient (Wildman–Crippen LogP) is 3.78. The summed E-state index contributed by atoms with van der Waals surface area (Å²) in [6, 6.07) is 4.05. The molecule has 1 aromatic heterocycles. The molecule has 2 aromatic rings. The third-order valence-corrected chi connectivity index (χ3v) is 4.68. The van der Waals surface area contributed by atoms with Crippen molar-refractivity contribution in [3.8, 4) is 17.2 Å². The van der Waals surface area contributed by atoms with E-state index in [1.165, 1.54) is 25.7 Å². The summed E-state index contributed by atoms with van der Waals surface area (Å²) in [6.07, 6.45) is 8.98.